The molecule has 0 aliphatic rings. The van der Waals surface area contributed by atoms with Gasteiger partial charge in [-0.3, -0.25) is 4.79 Å². The summed E-state index contributed by atoms with van der Waals surface area (Å²) < 4.78 is 0. The van der Waals surface area contributed by atoms with E-state index in [0.717, 1.165) is 28.1 Å². The summed E-state index contributed by atoms with van der Waals surface area (Å²) in [4.78, 5) is 12.3. The molecule has 0 heterocycles. The number of anilines is 2. The minimum atomic E-state index is -0.00468. The summed E-state index contributed by atoms with van der Waals surface area (Å²) in [5.41, 5.74) is 10.9. The van der Waals surface area contributed by atoms with Gasteiger partial charge in [0, 0.05) is 17.8 Å². The van der Waals surface area contributed by atoms with E-state index < -0.39 is 0 Å². The first-order valence-corrected chi connectivity index (χ1v) is 8.02. The Kier molecular flexibility index (Phi) is 5.09. The molecular formula is C20H26N2O. The number of para-hydroxylation sites is 1. The topological polar surface area (TPSA) is 55.1 Å². The van der Waals surface area contributed by atoms with Crippen molar-refractivity contribution < 1.29 is 4.79 Å². The van der Waals surface area contributed by atoms with Crippen molar-refractivity contribution in [3.8, 4) is 0 Å². The predicted octanol–water partition coefficient (Wildman–Crippen LogP) is 4.45. The molecule has 0 bridgehead atoms. The molecule has 0 saturated heterocycles. The molecule has 2 rings (SSSR count). The highest BCUT2D eigenvalue weighted by Gasteiger charge is 2.18. The number of carbonyl (C=O) groups is 1. The Morgan fingerprint density at radius 1 is 1.13 bits per heavy atom. The number of hydrogen-bond acceptors (Lipinski definition) is 2. The van der Waals surface area contributed by atoms with Crippen LogP contribution in [-0.2, 0) is 16.6 Å². The van der Waals surface area contributed by atoms with E-state index in [1.807, 2.05) is 43.3 Å². The molecule has 0 saturated carbocycles. The van der Waals surface area contributed by atoms with Crippen molar-refractivity contribution in [3.63, 3.8) is 0 Å². The van der Waals surface area contributed by atoms with Gasteiger partial charge in [0.25, 0.3) is 0 Å². The number of nitrogens with two attached hydrogens (primary N) is 1. The van der Waals surface area contributed by atoms with Gasteiger partial charge < -0.3 is 11.1 Å². The maximum atomic E-state index is 12.3. The van der Waals surface area contributed by atoms with Gasteiger partial charge in [0.1, 0.15) is 0 Å². The average Bonchev–Trinajstić information content (AvgIpc) is 2.48. The highest BCUT2D eigenvalue weighted by Crippen LogP contribution is 2.29. The van der Waals surface area contributed by atoms with Crippen LogP contribution in [0.1, 0.15) is 43.9 Å². The Hall–Kier alpha value is -2.29. The van der Waals surface area contributed by atoms with Crippen molar-refractivity contribution in [1.82, 2.24) is 0 Å². The minimum absolute atomic E-state index is 0.00468. The fourth-order valence-electron chi connectivity index (χ4n) is 2.56. The zero-order chi connectivity index (χ0) is 17.0. The molecule has 0 spiro atoms. The normalized spacial score (nSPS) is 11.3. The lowest BCUT2D eigenvalue weighted by Gasteiger charge is -2.23. The molecular weight excluding hydrogens is 284 g/mol. The van der Waals surface area contributed by atoms with Crippen molar-refractivity contribution in [1.29, 1.82) is 0 Å². The van der Waals surface area contributed by atoms with Crippen LogP contribution in [0.4, 0.5) is 11.4 Å². The second-order valence-corrected chi connectivity index (χ2v) is 7.03. The molecule has 23 heavy (non-hydrogen) atoms. The second kappa shape index (κ2) is 6.86. The van der Waals surface area contributed by atoms with Crippen LogP contribution in [-0.4, -0.2) is 5.91 Å². The molecule has 0 radical (unpaired) electrons. The fraction of sp³-hybridized carbons (Fsp3) is 0.350. The van der Waals surface area contributed by atoms with E-state index in [9.17, 15) is 4.79 Å². The highest BCUT2D eigenvalue weighted by atomic mass is 16.1. The number of benzene rings is 2. The molecule has 0 atom stereocenters. The summed E-state index contributed by atoms with van der Waals surface area (Å²) in [6, 6.07) is 14.0. The first-order chi connectivity index (χ1) is 10.8. The molecule has 1 amide bonds. The van der Waals surface area contributed by atoms with E-state index in [1.165, 1.54) is 0 Å². The fourth-order valence-corrected chi connectivity index (χ4v) is 2.56. The van der Waals surface area contributed by atoms with E-state index in [1.54, 1.807) is 0 Å². The number of nitrogen functional groups attached to an aromatic ring is 1. The lowest BCUT2D eigenvalue weighted by atomic mass is 9.86. The van der Waals surface area contributed by atoms with Gasteiger partial charge in [0.2, 0.25) is 5.91 Å². The Bertz CT molecular complexity index is 699. The van der Waals surface area contributed by atoms with Crippen molar-refractivity contribution in [2.45, 2.75) is 46.0 Å². The molecule has 0 unspecified atom stereocenters. The van der Waals surface area contributed by atoms with E-state index in [2.05, 4.69) is 32.2 Å². The molecule has 0 aromatic heterocycles. The molecule has 0 aliphatic heterocycles. The Morgan fingerprint density at radius 2 is 1.83 bits per heavy atom. The van der Waals surface area contributed by atoms with Crippen LogP contribution >= 0.6 is 0 Å². The maximum Gasteiger partial charge on any atom is 0.224 e. The highest BCUT2D eigenvalue weighted by molar-refractivity contribution is 5.91. The summed E-state index contributed by atoms with van der Waals surface area (Å²) in [6.45, 7) is 8.42. The third-order valence-electron chi connectivity index (χ3n) is 3.99. The predicted molar refractivity (Wildman–Crippen MR) is 97.7 cm³/mol. The standard InChI is InChI=1S/C20H26N2O/c1-14-9-10-15(13-17(14)21)11-12-19(23)22-18-8-6-5-7-16(18)20(2,3)4/h5-10,13H,11-12,21H2,1-4H3,(H,22,23). The zero-order valence-corrected chi connectivity index (χ0v) is 14.4. The van der Waals surface area contributed by atoms with Crippen molar-refractivity contribution in [2.75, 3.05) is 11.1 Å². The van der Waals surface area contributed by atoms with Gasteiger partial charge >= 0.3 is 0 Å². The number of rotatable bonds is 4. The summed E-state index contributed by atoms with van der Waals surface area (Å²) in [5, 5.41) is 3.04. The minimum Gasteiger partial charge on any atom is -0.399 e. The van der Waals surface area contributed by atoms with E-state index in [4.69, 9.17) is 5.73 Å². The number of carbonyl (C=O) groups excluding carboxylic acids is 1. The first-order valence-electron chi connectivity index (χ1n) is 8.02. The number of nitrogens with one attached hydrogen (secondary N) is 1. The quantitative estimate of drug-likeness (QED) is 0.820. The third-order valence-corrected chi connectivity index (χ3v) is 3.99. The van der Waals surface area contributed by atoms with E-state index in [0.29, 0.717) is 12.8 Å². The van der Waals surface area contributed by atoms with Gasteiger partial charge in [-0.15, -0.1) is 0 Å². The van der Waals surface area contributed by atoms with Crippen LogP contribution in [0.3, 0.4) is 0 Å². The lowest BCUT2D eigenvalue weighted by molar-refractivity contribution is -0.116. The van der Waals surface area contributed by atoms with Gasteiger partial charge in [-0.2, -0.15) is 0 Å². The molecule has 3 nitrogen and oxygen atoms in total. The van der Waals surface area contributed by atoms with Gasteiger partial charge in [-0.25, -0.2) is 0 Å². The first kappa shape index (κ1) is 17.1. The van der Waals surface area contributed by atoms with Crippen molar-refractivity contribution >= 4 is 17.3 Å². The van der Waals surface area contributed by atoms with Crippen molar-refractivity contribution in [2.24, 2.45) is 0 Å². The number of aryl methyl sites for hydroxylation is 2. The van der Waals surface area contributed by atoms with Crippen LogP contribution in [0.2, 0.25) is 0 Å². The molecule has 0 fully saturated rings. The third kappa shape index (κ3) is 4.59. The summed E-state index contributed by atoms with van der Waals surface area (Å²) >= 11 is 0. The smallest absolute Gasteiger partial charge is 0.224 e. The average molecular weight is 310 g/mol. The maximum absolute atomic E-state index is 12.3. The zero-order valence-electron chi connectivity index (χ0n) is 14.4. The van der Waals surface area contributed by atoms with E-state index in [-0.39, 0.29) is 11.3 Å². The molecule has 0 aliphatic carbocycles. The van der Waals surface area contributed by atoms with Crippen LogP contribution in [0.5, 0.6) is 0 Å². The SMILES string of the molecule is Cc1ccc(CCC(=O)Nc2ccccc2C(C)(C)C)cc1N. The van der Waals surface area contributed by atoms with Gasteiger partial charge in [-0.1, -0.05) is 51.1 Å². The van der Waals surface area contributed by atoms with Crippen LogP contribution in [0.25, 0.3) is 0 Å². The molecule has 3 heteroatoms. The summed E-state index contributed by atoms with van der Waals surface area (Å²) in [6.07, 6.45) is 1.13. The van der Waals surface area contributed by atoms with Crippen LogP contribution in [0, 0.1) is 6.92 Å². The van der Waals surface area contributed by atoms with Crippen LogP contribution < -0.4 is 11.1 Å². The molecule has 2 aromatic carbocycles. The molecule has 122 valence electrons. The number of amides is 1. The van der Waals surface area contributed by atoms with Gasteiger partial charge in [0.05, 0.1) is 0 Å². The molecule has 3 N–H and O–H groups in total. The lowest BCUT2D eigenvalue weighted by Crippen LogP contribution is -2.18. The largest absolute Gasteiger partial charge is 0.399 e. The van der Waals surface area contributed by atoms with Gasteiger partial charge in [0.15, 0.2) is 0 Å². The Balaban J connectivity index is 2.02. The molecule has 2 aromatic rings. The van der Waals surface area contributed by atoms with Crippen molar-refractivity contribution in [3.05, 3.63) is 59.2 Å². The van der Waals surface area contributed by atoms with E-state index >= 15 is 0 Å². The number of hydrogen-bond donors (Lipinski definition) is 2. The summed E-state index contributed by atoms with van der Waals surface area (Å²) in [7, 11) is 0. The Morgan fingerprint density at radius 3 is 2.48 bits per heavy atom. The van der Waals surface area contributed by atoms with Gasteiger partial charge in [-0.05, 0) is 47.6 Å². The Labute approximate surface area is 138 Å². The monoisotopic (exact) mass is 310 g/mol. The second-order valence-electron chi connectivity index (χ2n) is 7.03. The van der Waals surface area contributed by atoms with Crippen LogP contribution in [0.15, 0.2) is 42.5 Å². The summed E-state index contributed by atoms with van der Waals surface area (Å²) in [5.74, 6) is 0.0286.